The van der Waals surface area contributed by atoms with Gasteiger partial charge in [-0.25, -0.2) is 14.0 Å². The summed E-state index contributed by atoms with van der Waals surface area (Å²) in [7, 11) is 0. The second-order valence-electron chi connectivity index (χ2n) is 11.4. The van der Waals surface area contributed by atoms with Gasteiger partial charge in [0.1, 0.15) is 57.9 Å². The molecule has 0 aliphatic rings. The molecule has 0 atom stereocenters. The molecule has 0 aliphatic heterocycles. The minimum atomic E-state index is -1.67. The van der Waals surface area contributed by atoms with Crippen molar-refractivity contribution in [2.45, 2.75) is 58.9 Å². The Morgan fingerprint density at radius 2 is 1.10 bits per heavy atom. The van der Waals surface area contributed by atoms with Crippen molar-refractivity contribution in [2.75, 3.05) is 13.2 Å². The van der Waals surface area contributed by atoms with Gasteiger partial charge in [0.05, 0.1) is 0 Å². The van der Waals surface area contributed by atoms with E-state index in [1.165, 1.54) is 36.4 Å². The monoisotopic (exact) mass is 581 g/mol. The van der Waals surface area contributed by atoms with Crippen LogP contribution in [0.4, 0.5) is 4.39 Å². The lowest BCUT2D eigenvalue weighted by atomic mass is 10.2. The fourth-order valence-corrected chi connectivity index (χ4v) is 3.86. The zero-order chi connectivity index (χ0) is 30.8. The Kier molecular flexibility index (Phi) is 8.42. The average Bonchev–Trinajstić information content (AvgIpc) is 2.88. The van der Waals surface area contributed by atoms with E-state index in [4.69, 9.17) is 27.8 Å². The summed E-state index contributed by atoms with van der Waals surface area (Å²) < 4.78 is 47.6. The Balaban J connectivity index is 1.46. The lowest BCUT2D eigenvalue weighted by Crippen LogP contribution is -2.25. The Bertz CT molecular complexity index is 1630. The van der Waals surface area contributed by atoms with Gasteiger partial charge in [0.25, 0.3) is 0 Å². The van der Waals surface area contributed by atoms with Gasteiger partial charge in [-0.15, -0.1) is 0 Å². The maximum atomic E-state index is 14.9. The van der Waals surface area contributed by atoms with E-state index in [1.807, 2.05) is 0 Å². The number of rotatable bonds is 8. The molecule has 2 aromatic heterocycles. The largest absolute Gasteiger partial charge is 0.489 e. The number of carbonyl (C=O) groups is 2. The molecule has 0 saturated carbocycles. The molecular weight excluding hydrogens is 550 g/mol. The third-order valence-corrected chi connectivity index (χ3v) is 5.47. The van der Waals surface area contributed by atoms with Crippen LogP contribution in [-0.4, -0.2) is 42.5 Å². The van der Waals surface area contributed by atoms with Crippen LogP contribution in [0.1, 0.15) is 62.7 Å². The molecule has 0 radical (unpaired) electrons. The van der Waals surface area contributed by atoms with Crippen LogP contribution in [0.15, 0.2) is 67.0 Å². The van der Waals surface area contributed by atoms with Gasteiger partial charge in [-0.1, -0.05) is 12.1 Å². The number of hydrogen-bond donors (Lipinski definition) is 0. The Hall–Kier alpha value is -4.67. The highest BCUT2D eigenvalue weighted by atomic mass is 18.2. The minimum absolute atomic E-state index is 0.0328. The molecule has 10 nitrogen and oxygen atoms in total. The van der Waals surface area contributed by atoms with E-state index in [-0.39, 0.29) is 45.0 Å². The molecule has 2 aromatic carbocycles. The molecule has 0 amide bonds. The Labute approximate surface area is 239 Å². The van der Waals surface area contributed by atoms with Gasteiger partial charge in [-0.3, -0.25) is 9.59 Å². The van der Waals surface area contributed by atoms with Crippen LogP contribution < -0.4 is 20.3 Å². The summed E-state index contributed by atoms with van der Waals surface area (Å²) in [4.78, 5) is 50.3. The summed E-state index contributed by atoms with van der Waals surface area (Å²) in [5.74, 6) is -2.02. The van der Waals surface area contributed by atoms with Gasteiger partial charge in [0.2, 0.25) is 11.5 Å². The van der Waals surface area contributed by atoms with Crippen LogP contribution in [0.3, 0.4) is 0 Å². The van der Waals surface area contributed by atoms with Crippen molar-refractivity contribution in [3.8, 4) is 11.5 Å². The normalized spacial score (nSPS) is 12.0. The number of fused-ring (bicyclic) bond motifs is 2. The van der Waals surface area contributed by atoms with E-state index in [9.17, 15) is 23.6 Å². The van der Waals surface area contributed by atoms with Crippen LogP contribution in [-0.2, 0) is 9.47 Å². The van der Waals surface area contributed by atoms with Gasteiger partial charge in [-0.05, 0) is 65.8 Å². The molecule has 0 aliphatic carbocycles. The molecule has 4 rings (SSSR count). The zero-order valence-electron chi connectivity index (χ0n) is 24.1. The van der Waals surface area contributed by atoms with E-state index in [0.29, 0.717) is 0 Å². The highest BCUT2D eigenvalue weighted by Crippen LogP contribution is 2.26. The molecule has 11 heteroatoms. The van der Waals surface area contributed by atoms with Crippen molar-refractivity contribution in [2.24, 2.45) is 0 Å². The van der Waals surface area contributed by atoms with Crippen molar-refractivity contribution in [1.82, 2.24) is 0 Å². The van der Waals surface area contributed by atoms with Crippen LogP contribution in [0.5, 0.6) is 11.5 Å². The van der Waals surface area contributed by atoms with Crippen LogP contribution in [0.25, 0.3) is 21.9 Å². The number of halogens is 1. The molecule has 4 aromatic rings. The lowest BCUT2D eigenvalue weighted by molar-refractivity contribution is 0.00249. The number of carbonyl (C=O) groups excluding carboxylic acids is 2. The van der Waals surface area contributed by atoms with E-state index in [2.05, 4.69) is 0 Å². The van der Waals surface area contributed by atoms with E-state index in [0.717, 1.165) is 12.1 Å². The molecule has 0 fully saturated rings. The highest BCUT2D eigenvalue weighted by molar-refractivity contribution is 5.91. The Morgan fingerprint density at radius 1 is 0.714 bits per heavy atom. The maximum Gasteiger partial charge on any atom is 0.374 e. The molecule has 0 spiro atoms. The highest BCUT2D eigenvalue weighted by Gasteiger charge is 2.24. The average molecular weight is 582 g/mol. The van der Waals surface area contributed by atoms with Gasteiger partial charge in [-0.2, -0.15) is 0 Å². The topological polar surface area (TPSA) is 131 Å². The van der Waals surface area contributed by atoms with Crippen molar-refractivity contribution in [3.63, 3.8) is 0 Å². The molecule has 0 N–H and O–H groups in total. The minimum Gasteiger partial charge on any atom is -0.489 e. The first kappa shape index (κ1) is 30.3. The summed E-state index contributed by atoms with van der Waals surface area (Å²) in [6.07, 6.45) is -1.67. The second kappa shape index (κ2) is 11.7. The number of esters is 2. The van der Waals surface area contributed by atoms with Gasteiger partial charge in [0.15, 0.2) is 17.0 Å². The molecule has 0 unspecified atom stereocenters. The Morgan fingerprint density at radius 3 is 1.45 bits per heavy atom. The molecular formula is C31H31FO10. The number of alkyl halides is 1. The van der Waals surface area contributed by atoms with E-state index >= 15 is 0 Å². The van der Waals surface area contributed by atoms with Gasteiger partial charge < -0.3 is 27.8 Å². The van der Waals surface area contributed by atoms with Crippen molar-refractivity contribution >= 4 is 33.9 Å². The third-order valence-electron chi connectivity index (χ3n) is 5.47. The summed E-state index contributed by atoms with van der Waals surface area (Å²) in [5.41, 5.74) is -2.55. The molecule has 0 bridgehead atoms. The summed E-state index contributed by atoms with van der Waals surface area (Å²) in [5, 5.41) is 0.0655. The van der Waals surface area contributed by atoms with Crippen LogP contribution in [0, 0.1) is 0 Å². The number of hydrogen-bond acceptors (Lipinski definition) is 10. The SMILES string of the molecule is CC(C)(C)OC(=O)c1cc(=O)c2c(OCC([18F])COc3cccc4oc(C(=O)OC(C)(C)C)cc(=O)c34)cccc2o1. The first-order valence-electron chi connectivity index (χ1n) is 13.1. The van der Waals surface area contributed by atoms with E-state index in [1.54, 1.807) is 41.5 Å². The van der Waals surface area contributed by atoms with Gasteiger partial charge >= 0.3 is 11.9 Å². The van der Waals surface area contributed by atoms with Gasteiger partial charge in [0, 0.05) is 12.1 Å². The molecule has 42 heavy (non-hydrogen) atoms. The molecule has 0 saturated heterocycles. The molecule has 222 valence electrons. The third kappa shape index (κ3) is 7.34. The second-order valence-corrected chi connectivity index (χ2v) is 11.4. The first-order chi connectivity index (χ1) is 19.6. The number of benzene rings is 2. The van der Waals surface area contributed by atoms with Crippen LogP contribution >= 0.6 is 0 Å². The van der Waals surface area contributed by atoms with Crippen molar-refractivity contribution in [1.29, 1.82) is 0 Å². The standard InChI is InChI=1S/C31H31FO10/c1-30(2,3)41-28(35)24-13-18(33)26-20(9-7-11-22(26)39-24)37-15-17(32)16-38-21-10-8-12-23-27(21)19(34)14-25(40-23)29(36)42-31(4,5)6/h7-14,17H,15-16H2,1-6H3/i32-1. The fraction of sp³-hybridized carbons (Fsp3) is 0.355. The smallest absolute Gasteiger partial charge is 0.374 e. The predicted octanol–water partition coefficient (Wildman–Crippen LogP) is 5.61. The van der Waals surface area contributed by atoms with Crippen LogP contribution in [0.2, 0.25) is 0 Å². The molecule has 2 heterocycles. The van der Waals surface area contributed by atoms with Crippen molar-refractivity contribution in [3.05, 3.63) is 80.5 Å². The summed E-state index contributed by atoms with van der Waals surface area (Å²) in [6, 6.07) is 11.0. The van der Waals surface area contributed by atoms with Crippen molar-refractivity contribution < 1.29 is 41.8 Å². The summed E-state index contributed by atoms with van der Waals surface area (Å²) in [6.45, 7) is 9.13. The maximum absolute atomic E-state index is 14.9. The lowest BCUT2D eigenvalue weighted by Gasteiger charge is -2.19. The predicted molar refractivity (Wildman–Crippen MR) is 151 cm³/mol. The zero-order valence-corrected chi connectivity index (χ0v) is 24.1. The quantitative estimate of drug-likeness (QED) is 0.242. The van der Waals surface area contributed by atoms with E-state index < -0.39 is 53.4 Å². The number of ether oxygens (including phenoxy) is 4. The fourth-order valence-electron chi connectivity index (χ4n) is 3.86. The first-order valence-corrected chi connectivity index (χ1v) is 13.1. The summed E-state index contributed by atoms with van der Waals surface area (Å²) >= 11 is 0.